The van der Waals surface area contributed by atoms with Crippen LogP contribution in [0.5, 0.6) is 0 Å². The second-order valence-electron chi connectivity index (χ2n) is 4.25. The number of anilines is 2. The molecule has 0 spiro atoms. The Bertz CT molecular complexity index is 661. The minimum Gasteiger partial charge on any atom is -0.323 e. The third-order valence-corrected chi connectivity index (χ3v) is 3.07. The average molecular weight is 294 g/mol. The summed E-state index contributed by atoms with van der Waals surface area (Å²) >= 11 is 5.67. The lowest BCUT2D eigenvalue weighted by molar-refractivity contribution is 0.102. The van der Waals surface area contributed by atoms with Gasteiger partial charge < -0.3 is 10.7 Å². The lowest BCUT2D eigenvalue weighted by Gasteiger charge is -2.11. The monoisotopic (exact) mass is 293 g/mol. The summed E-state index contributed by atoms with van der Waals surface area (Å²) in [5, 5.41) is 2.42. The zero-order valence-corrected chi connectivity index (χ0v) is 11.5. The Hall–Kier alpha value is -2.11. The molecule has 104 valence electrons. The molecule has 6 heteroatoms. The predicted octanol–water partition coefficient (Wildman–Crippen LogP) is 3.33. The van der Waals surface area contributed by atoms with Crippen molar-refractivity contribution in [3.8, 4) is 0 Å². The van der Waals surface area contributed by atoms with Crippen molar-refractivity contribution in [3.05, 3.63) is 58.4 Å². The van der Waals surface area contributed by atoms with Crippen LogP contribution in [0.15, 0.2) is 36.4 Å². The maximum atomic E-state index is 13.8. The van der Waals surface area contributed by atoms with Crippen LogP contribution in [0.4, 0.5) is 15.8 Å². The second-order valence-corrected chi connectivity index (χ2v) is 4.66. The summed E-state index contributed by atoms with van der Waals surface area (Å²) in [6.07, 6.45) is 0. The highest BCUT2D eigenvalue weighted by Gasteiger charge is 2.14. The van der Waals surface area contributed by atoms with Gasteiger partial charge in [-0.2, -0.15) is 0 Å². The number of benzene rings is 2. The number of aryl methyl sites for hydroxylation is 1. The number of nitrogens with one attached hydrogen (secondary N) is 2. The van der Waals surface area contributed by atoms with Gasteiger partial charge >= 0.3 is 0 Å². The number of rotatable bonds is 3. The zero-order valence-electron chi connectivity index (χ0n) is 10.7. The van der Waals surface area contributed by atoms with Gasteiger partial charge in [-0.25, -0.2) is 4.39 Å². The van der Waals surface area contributed by atoms with Crippen LogP contribution < -0.4 is 16.6 Å². The highest BCUT2D eigenvalue weighted by Crippen LogP contribution is 2.24. The molecule has 2 aromatic carbocycles. The van der Waals surface area contributed by atoms with Gasteiger partial charge in [-0.05, 0) is 31.2 Å². The van der Waals surface area contributed by atoms with Crippen LogP contribution in [0, 0.1) is 12.7 Å². The number of hydrogen-bond acceptors (Lipinski definition) is 3. The van der Waals surface area contributed by atoms with Gasteiger partial charge in [-0.15, -0.1) is 0 Å². The lowest BCUT2D eigenvalue weighted by atomic mass is 10.1. The summed E-state index contributed by atoms with van der Waals surface area (Å²) in [5.74, 6) is 4.22. The van der Waals surface area contributed by atoms with Crippen molar-refractivity contribution in [2.24, 2.45) is 5.84 Å². The molecule has 2 rings (SSSR count). The standard InChI is InChI=1S/C14H13ClFN3O/c1-8-5-6-11(19-17)9(7-8)14(20)18-12-4-2-3-10(15)13(12)16/h2-7,19H,17H2,1H3,(H,18,20). The summed E-state index contributed by atoms with van der Waals surface area (Å²) in [7, 11) is 0. The Morgan fingerprint density at radius 3 is 2.70 bits per heavy atom. The smallest absolute Gasteiger partial charge is 0.257 e. The third kappa shape index (κ3) is 2.89. The Kier molecular flexibility index (Phi) is 4.22. The fourth-order valence-corrected chi connectivity index (χ4v) is 1.94. The molecule has 0 aliphatic heterocycles. The molecular formula is C14H13ClFN3O. The van der Waals surface area contributed by atoms with E-state index in [1.54, 1.807) is 18.2 Å². The van der Waals surface area contributed by atoms with Gasteiger partial charge in [0.15, 0.2) is 5.82 Å². The van der Waals surface area contributed by atoms with Crippen LogP contribution in [0.2, 0.25) is 5.02 Å². The van der Waals surface area contributed by atoms with Crippen molar-refractivity contribution in [2.75, 3.05) is 10.7 Å². The van der Waals surface area contributed by atoms with Gasteiger partial charge in [0.25, 0.3) is 5.91 Å². The van der Waals surface area contributed by atoms with E-state index >= 15 is 0 Å². The molecule has 0 radical (unpaired) electrons. The first-order valence-corrected chi connectivity index (χ1v) is 6.23. The number of nitrogen functional groups attached to an aromatic ring is 1. The van der Waals surface area contributed by atoms with Gasteiger partial charge in [-0.1, -0.05) is 29.3 Å². The first-order chi connectivity index (χ1) is 9.52. The molecule has 20 heavy (non-hydrogen) atoms. The molecule has 0 fully saturated rings. The van der Waals surface area contributed by atoms with Crippen LogP contribution in [0.1, 0.15) is 15.9 Å². The minimum atomic E-state index is -0.669. The fraction of sp³-hybridized carbons (Fsp3) is 0.0714. The predicted molar refractivity (Wildman–Crippen MR) is 78.4 cm³/mol. The van der Waals surface area contributed by atoms with Crippen LogP contribution in [-0.2, 0) is 0 Å². The van der Waals surface area contributed by atoms with E-state index in [1.165, 1.54) is 12.1 Å². The average Bonchev–Trinajstić information content (AvgIpc) is 2.43. The topological polar surface area (TPSA) is 67.1 Å². The van der Waals surface area contributed by atoms with E-state index in [0.29, 0.717) is 11.3 Å². The highest BCUT2D eigenvalue weighted by molar-refractivity contribution is 6.31. The van der Waals surface area contributed by atoms with Gasteiger partial charge in [0.2, 0.25) is 0 Å². The number of halogens is 2. The number of carbonyl (C=O) groups excluding carboxylic acids is 1. The molecule has 0 saturated carbocycles. The van der Waals surface area contributed by atoms with E-state index in [9.17, 15) is 9.18 Å². The molecule has 0 aliphatic rings. The first kappa shape index (κ1) is 14.3. The Morgan fingerprint density at radius 1 is 1.25 bits per heavy atom. The molecule has 0 unspecified atom stereocenters. The van der Waals surface area contributed by atoms with E-state index in [0.717, 1.165) is 5.56 Å². The zero-order chi connectivity index (χ0) is 14.7. The Labute approximate surface area is 120 Å². The maximum Gasteiger partial charge on any atom is 0.257 e. The molecule has 0 aromatic heterocycles. The number of carbonyl (C=O) groups is 1. The second kappa shape index (κ2) is 5.90. The molecule has 0 saturated heterocycles. The maximum absolute atomic E-state index is 13.8. The minimum absolute atomic E-state index is 0.0203. The summed E-state index contributed by atoms with van der Waals surface area (Å²) in [4.78, 5) is 12.2. The van der Waals surface area contributed by atoms with Crippen molar-refractivity contribution in [2.45, 2.75) is 6.92 Å². The van der Waals surface area contributed by atoms with E-state index < -0.39 is 11.7 Å². The van der Waals surface area contributed by atoms with Crippen molar-refractivity contribution in [1.29, 1.82) is 0 Å². The molecule has 0 bridgehead atoms. The molecular weight excluding hydrogens is 281 g/mol. The molecule has 0 heterocycles. The number of amides is 1. The summed E-state index contributed by atoms with van der Waals surface area (Å²) in [6, 6.07) is 9.55. The third-order valence-electron chi connectivity index (χ3n) is 2.77. The molecule has 2 aromatic rings. The van der Waals surface area contributed by atoms with Gasteiger partial charge in [-0.3, -0.25) is 10.6 Å². The lowest BCUT2D eigenvalue weighted by Crippen LogP contribution is -2.18. The quantitative estimate of drug-likeness (QED) is 0.601. The Balaban J connectivity index is 2.33. The molecule has 0 aliphatic carbocycles. The normalized spacial score (nSPS) is 10.2. The fourth-order valence-electron chi connectivity index (χ4n) is 1.76. The summed E-state index contributed by atoms with van der Waals surface area (Å²) < 4.78 is 13.8. The highest BCUT2D eigenvalue weighted by atomic mass is 35.5. The number of hydrogen-bond donors (Lipinski definition) is 3. The van der Waals surface area contributed by atoms with Crippen molar-refractivity contribution < 1.29 is 9.18 Å². The van der Waals surface area contributed by atoms with Crippen LogP contribution in [-0.4, -0.2) is 5.91 Å². The summed E-state index contributed by atoms with van der Waals surface area (Å²) in [6.45, 7) is 1.84. The molecule has 4 N–H and O–H groups in total. The van der Waals surface area contributed by atoms with E-state index in [4.69, 9.17) is 17.4 Å². The largest absolute Gasteiger partial charge is 0.323 e. The van der Waals surface area contributed by atoms with Crippen molar-refractivity contribution in [1.82, 2.24) is 0 Å². The van der Waals surface area contributed by atoms with Crippen LogP contribution in [0.3, 0.4) is 0 Å². The molecule has 0 atom stereocenters. The number of nitrogens with two attached hydrogens (primary N) is 1. The van der Waals surface area contributed by atoms with Gasteiger partial charge in [0, 0.05) is 0 Å². The SMILES string of the molecule is Cc1ccc(NN)c(C(=O)Nc2cccc(Cl)c2F)c1. The van der Waals surface area contributed by atoms with Crippen LogP contribution >= 0.6 is 11.6 Å². The van der Waals surface area contributed by atoms with Crippen LogP contribution in [0.25, 0.3) is 0 Å². The van der Waals surface area contributed by atoms with E-state index in [-0.39, 0.29) is 10.7 Å². The van der Waals surface area contributed by atoms with Gasteiger partial charge in [0.05, 0.1) is 22.0 Å². The molecule has 1 amide bonds. The van der Waals surface area contributed by atoms with Gasteiger partial charge in [0.1, 0.15) is 0 Å². The van der Waals surface area contributed by atoms with E-state index in [1.807, 2.05) is 13.0 Å². The van der Waals surface area contributed by atoms with E-state index in [2.05, 4.69) is 10.7 Å². The summed E-state index contributed by atoms with van der Waals surface area (Å²) in [5.41, 5.74) is 4.12. The Morgan fingerprint density at radius 2 is 2.00 bits per heavy atom. The van der Waals surface area contributed by atoms with Crippen molar-refractivity contribution >= 4 is 28.9 Å². The molecule has 4 nitrogen and oxygen atoms in total. The first-order valence-electron chi connectivity index (χ1n) is 5.85. The number of hydrazine groups is 1. The van der Waals surface area contributed by atoms with Crippen molar-refractivity contribution in [3.63, 3.8) is 0 Å².